The molecule has 0 saturated carbocycles. The zero-order valence-electron chi connectivity index (χ0n) is 10.4. The van der Waals surface area contributed by atoms with Crippen LogP contribution in [0.4, 0.5) is 18.9 Å². The number of aromatic nitrogens is 3. The Hall–Kier alpha value is -2.62. The molecule has 0 unspecified atom stereocenters. The van der Waals surface area contributed by atoms with Gasteiger partial charge >= 0.3 is 11.9 Å². The lowest BCUT2D eigenvalue weighted by Crippen LogP contribution is -2.32. The molecule has 0 aliphatic heterocycles. The Morgan fingerprint density at radius 3 is 2.55 bits per heavy atom. The van der Waals surface area contributed by atoms with Crippen molar-refractivity contribution in [3.8, 4) is 0 Å². The van der Waals surface area contributed by atoms with Crippen molar-refractivity contribution in [2.24, 2.45) is 0 Å². The van der Waals surface area contributed by atoms with Crippen LogP contribution in [0.5, 0.6) is 0 Å². The van der Waals surface area contributed by atoms with Crippen molar-refractivity contribution in [3.63, 3.8) is 0 Å². The Balaban J connectivity index is 2.33. The van der Waals surface area contributed by atoms with Gasteiger partial charge in [0.25, 0.3) is 11.5 Å². The van der Waals surface area contributed by atoms with Gasteiger partial charge in [-0.1, -0.05) is 11.6 Å². The number of benzene rings is 1. The molecule has 1 amide bonds. The van der Waals surface area contributed by atoms with E-state index in [1.807, 2.05) is 5.10 Å². The third kappa shape index (κ3) is 3.34. The van der Waals surface area contributed by atoms with Gasteiger partial charge in [0.2, 0.25) is 5.69 Å². The second-order valence-electron chi connectivity index (χ2n) is 4.00. The summed E-state index contributed by atoms with van der Waals surface area (Å²) in [7, 11) is 0. The van der Waals surface area contributed by atoms with Crippen molar-refractivity contribution in [1.29, 1.82) is 0 Å². The molecular weight excluding hydrogens is 329 g/mol. The molecule has 2 rings (SSSR count). The number of nitrogens with zero attached hydrogens (tertiary/aromatic N) is 1. The number of carbonyl (C=O) groups excluding carboxylic acids is 1. The van der Waals surface area contributed by atoms with E-state index in [2.05, 4.69) is 10.4 Å². The average molecular weight is 335 g/mol. The normalized spacial score (nSPS) is 11.3. The van der Waals surface area contributed by atoms with Crippen LogP contribution in [0.1, 0.15) is 16.1 Å². The number of halogens is 4. The van der Waals surface area contributed by atoms with Crippen LogP contribution in [-0.4, -0.2) is 21.1 Å². The van der Waals surface area contributed by atoms with Crippen molar-refractivity contribution in [3.05, 3.63) is 55.3 Å². The van der Waals surface area contributed by atoms with Gasteiger partial charge in [0.05, 0.1) is 10.6 Å². The molecule has 0 saturated heterocycles. The van der Waals surface area contributed by atoms with Crippen molar-refractivity contribution < 1.29 is 18.0 Å². The van der Waals surface area contributed by atoms with E-state index < -0.39 is 39.6 Å². The van der Waals surface area contributed by atoms with Crippen LogP contribution in [0.15, 0.2) is 27.8 Å². The summed E-state index contributed by atoms with van der Waals surface area (Å²) in [5.74, 6) is -1.09. The maximum atomic E-state index is 12.7. The summed E-state index contributed by atoms with van der Waals surface area (Å²) in [4.78, 5) is 35.6. The summed E-state index contributed by atoms with van der Waals surface area (Å²) in [5, 5.41) is 6.57. The topological polar surface area (TPSA) is 108 Å². The van der Waals surface area contributed by atoms with Crippen LogP contribution in [0.2, 0.25) is 5.02 Å². The molecule has 11 heteroatoms. The number of carbonyl (C=O) groups is 1. The highest BCUT2D eigenvalue weighted by molar-refractivity contribution is 6.31. The summed E-state index contributed by atoms with van der Waals surface area (Å²) in [6.07, 6.45) is -4.70. The fourth-order valence-electron chi connectivity index (χ4n) is 1.51. The molecule has 0 atom stereocenters. The van der Waals surface area contributed by atoms with E-state index in [0.29, 0.717) is 6.07 Å². The maximum absolute atomic E-state index is 12.7. The largest absolute Gasteiger partial charge is 0.417 e. The molecule has 0 aliphatic carbocycles. The zero-order valence-corrected chi connectivity index (χ0v) is 11.2. The number of anilines is 1. The van der Waals surface area contributed by atoms with Crippen LogP contribution >= 0.6 is 11.6 Å². The number of rotatable bonds is 2. The summed E-state index contributed by atoms with van der Waals surface area (Å²) in [6.45, 7) is 0. The molecule has 2 aromatic rings. The third-order valence-electron chi connectivity index (χ3n) is 2.46. The molecular formula is C11H6ClF3N4O3. The minimum atomic E-state index is -4.70. The van der Waals surface area contributed by atoms with Gasteiger partial charge in [0.1, 0.15) is 0 Å². The third-order valence-corrected chi connectivity index (χ3v) is 2.79. The molecule has 7 nitrogen and oxygen atoms in total. The molecule has 116 valence electrons. The van der Waals surface area contributed by atoms with E-state index in [9.17, 15) is 27.6 Å². The molecule has 0 spiro atoms. The lowest BCUT2D eigenvalue weighted by Gasteiger charge is -2.11. The van der Waals surface area contributed by atoms with E-state index in [-0.39, 0.29) is 5.69 Å². The van der Waals surface area contributed by atoms with Crippen LogP contribution in [-0.2, 0) is 6.18 Å². The average Bonchev–Trinajstić information content (AvgIpc) is 2.39. The van der Waals surface area contributed by atoms with E-state index in [1.54, 1.807) is 4.98 Å². The number of nitrogens with one attached hydrogen (secondary N) is 3. The van der Waals surface area contributed by atoms with E-state index >= 15 is 0 Å². The van der Waals surface area contributed by atoms with Crippen molar-refractivity contribution in [1.82, 2.24) is 15.2 Å². The minimum absolute atomic E-state index is 0.242. The molecule has 0 radical (unpaired) electrons. The maximum Gasteiger partial charge on any atom is 0.417 e. The van der Waals surface area contributed by atoms with Gasteiger partial charge in [-0.15, -0.1) is 0 Å². The first-order valence-electron chi connectivity index (χ1n) is 5.55. The quantitative estimate of drug-likeness (QED) is 0.771. The van der Waals surface area contributed by atoms with Crippen LogP contribution in [0.3, 0.4) is 0 Å². The number of amides is 1. The Bertz CT molecular complexity index is 843. The molecule has 3 N–H and O–H groups in total. The summed E-state index contributed by atoms with van der Waals surface area (Å²) in [5.41, 5.74) is -4.09. The predicted molar refractivity (Wildman–Crippen MR) is 69.9 cm³/mol. The summed E-state index contributed by atoms with van der Waals surface area (Å²) < 4.78 is 38.1. The fourth-order valence-corrected chi connectivity index (χ4v) is 1.74. The van der Waals surface area contributed by atoms with Crippen molar-refractivity contribution in [2.45, 2.75) is 6.18 Å². The number of hydrogen-bond acceptors (Lipinski definition) is 4. The zero-order chi connectivity index (χ0) is 16.5. The highest BCUT2D eigenvalue weighted by Gasteiger charge is 2.33. The Morgan fingerprint density at radius 2 is 1.95 bits per heavy atom. The molecule has 1 aromatic carbocycles. The van der Waals surface area contributed by atoms with Gasteiger partial charge in [0, 0.05) is 5.69 Å². The smallest absolute Gasteiger partial charge is 0.320 e. The summed E-state index contributed by atoms with van der Waals surface area (Å²) in [6, 6.07) is 2.68. The fraction of sp³-hybridized carbons (Fsp3) is 0.0909. The van der Waals surface area contributed by atoms with Gasteiger partial charge in [-0.05, 0) is 18.2 Å². The molecule has 1 aromatic heterocycles. The molecule has 0 fully saturated rings. The summed E-state index contributed by atoms with van der Waals surface area (Å²) >= 11 is 5.44. The molecule has 0 bridgehead atoms. The Morgan fingerprint density at radius 1 is 1.27 bits per heavy atom. The highest BCUT2D eigenvalue weighted by atomic mass is 35.5. The monoisotopic (exact) mass is 334 g/mol. The van der Waals surface area contributed by atoms with Crippen LogP contribution < -0.4 is 16.6 Å². The van der Waals surface area contributed by atoms with Gasteiger partial charge < -0.3 is 5.32 Å². The van der Waals surface area contributed by atoms with E-state index in [4.69, 9.17) is 11.6 Å². The van der Waals surface area contributed by atoms with Gasteiger partial charge in [-0.3, -0.25) is 14.6 Å². The minimum Gasteiger partial charge on any atom is -0.320 e. The van der Waals surface area contributed by atoms with Gasteiger partial charge in [0.15, 0.2) is 0 Å². The van der Waals surface area contributed by atoms with E-state index in [1.165, 1.54) is 0 Å². The molecule has 22 heavy (non-hydrogen) atoms. The van der Waals surface area contributed by atoms with Crippen molar-refractivity contribution in [2.75, 3.05) is 5.32 Å². The Kier molecular flexibility index (Phi) is 4.04. The first-order chi connectivity index (χ1) is 10.2. The standard InChI is InChI=1S/C11H6ClF3N4O3/c12-6-2-1-4(3-5(6)11(13,14)15)16-8(20)7-9(21)17-10(22)19-18-7/h1-3H,(H,16,20)(H2,17,19,21,22). The second kappa shape index (κ2) is 5.64. The van der Waals surface area contributed by atoms with Gasteiger partial charge in [-0.25, -0.2) is 9.89 Å². The first kappa shape index (κ1) is 15.8. The lowest BCUT2D eigenvalue weighted by molar-refractivity contribution is -0.137. The predicted octanol–water partition coefficient (Wildman–Crippen LogP) is 1.38. The number of H-pyrrole nitrogens is 2. The Labute approximate surface area is 124 Å². The van der Waals surface area contributed by atoms with Crippen LogP contribution in [0, 0.1) is 0 Å². The first-order valence-corrected chi connectivity index (χ1v) is 5.93. The van der Waals surface area contributed by atoms with Gasteiger partial charge in [-0.2, -0.15) is 18.3 Å². The molecule has 0 aliphatic rings. The highest BCUT2D eigenvalue weighted by Crippen LogP contribution is 2.36. The van der Waals surface area contributed by atoms with Crippen LogP contribution in [0.25, 0.3) is 0 Å². The second-order valence-corrected chi connectivity index (χ2v) is 4.41. The van der Waals surface area contributed by atoms with Crippen molar-refractivity contribution >= 4 is 23.2 Å². The number of aromatic amines is 2. The van der Waals surface area contributed by atoms with E-state index in [0.717, 1.165) is 12.1 Å². The molecule has 1 heterocycles. The number of alkyl halides is 3. The lowest BCUT2D eigenvalue weighted by atomic mass is 10.2. The number of hydrogen-bond donors (Lipinski definition) is 3. The SMILES string of the molecule is O=C(Nc1ccc(Cl)c(C(F)(F)F)c1)c1n[nH]c(=O)[nH]c1=O.